The Bertz CT molecular complexity index is 740. The minimum Gasteiger partial charge on any atom is -0.497 e. The Balaban J connectivity index is 0.00000420. The molecule has 0 bridgehead atoms. The molecule has 7 nitrogen and oxygen atoms in total. The van der Waals surface area contributed by atoms with Crippen LogP contribution in [0.15, 0.2) is 34.6 Å². The second kappa shape index (κ2) is 13.6. The Hall–Kier alpha value is -1.59. The summed E-state index contributed by atoms with van der Waals surface area (Å²) in [5.74, 6) is 2.44. The summed E-state index contributed by atoms with van der Waals surface area (Å²) in [5, 5.41) is 6.37. The van der Waals surface area contributed by atoms with E-state index in [1.165, 1.54) is 0 Å². The first kappa shape index (κ1) is 25.4. The Morgan fingerprint density at radius 1 is 1.24 bits per heavy atom. The third-order valence-electron chi connectivity index (χ3n) is 4.05. The molecule has 1 aromatic heterocycles. The number of nitrogens with zero attached hydrogens (tertiary/aromatic N) is 3. The molecule has 0 amide bonds. The molecule has 1 heterocycles. The van der Waals surface area contributed by atoms with Crippen molar-refractivity contribution in [3.05, 3.63) is 40.3 Å². The zero-order valence-electron chi connectivity index (χ0n) is 17.7. The van der Waals surface area contributed by atoms with E-state index in [9.17, 15) is 0 Å². The number of hydrogen-bond donors (Lipinski definition) is 1. The van der Waals surface area contributed by atoms with Gasteiger partial charge in [0.1, 0.15) is 29.2 Å². The SMILES string of the molecule is CCNC(=NCCOc1ccc(OC)cc1)N(C)Cc1csc(C(C)OC)n1.I. The summed E-state index contributed by atoms with van der Waals surface area (Å²) in [4.78, 5) is 11.4. The van der Waals surface area contributed by atoms with E-state index in [0.717, 1.165) is 34.7 Å². The predicted octanol–water partition coefficient (Wildman–Crippen LogP) is 3.95. The number of halogens is 1. The molecular weight excluding hydrogens is 503 g/mol. The third kappa shape index (κ3) is 8.35. The lowest BCUT2D eigenvalue weighted by atomic mass is 10.3. The fraction of sp³-hybridized carbons (Fsp3) is 0.500. The van der Waals surface area contributed by atoms with Gasteiger partial charge in [0.2, 0.25) is 0 Å². The summed E-state index contributed by atoms with van der Waals surface area (Å²) in [5.41, 5.74) is 1.01. The molecule has 2 rings (SSSR count). The zero-order valence-corrected chi connectivity index (χ0v) is 20.8. The maximum absolute atomic E-state index is 5.74. The quantitative estimate of drug-likeness (QED) is 0.216. The van der Waals surface area contributed by atoms with Gasteiger partial charge in [0.05, 0.1) is 25.9 Å². The molecule has 1 aromatic carbocycles. The van der Waals surface area contributed by atoms with Crippen molar-refractivity contribution in [3.8, 4) is 11.5 Å². The maximum atomic E-state index is 5.74. The highest BCUT2D eigenvalue weighted by Crippen LogP contribution is 2.21. The lowest BCUT2D eigenvalue weighted by Gasteiger charge is -2.21. The number of methoxy groups -OCH3 is 2. The molecule has 9 heteroatoms. The van der Waals surface area contributed by atoms with Crippen molar-refractivity contribution < 1.29 is 14.2 Å². The highest BCUT2D eigenvalue weighted by atomic mass is 127. The van der Waals surface area contributed by atoms with Crippen LogP contribution in [0.3, 0.4) is 0 Å². The fourth-order valence-electron chi connectivity index (χ4n) is 2.46. The minimum absolute atomic E-state index is 0. The van der Waals surface area contributed by atoms with E-state index in [1.54, 1.807) is 25.6 Å². The monoisotopic (exact) mass is 534 g/mol. The zero-order chi connectivity index (χ0) is 20.4. The normalized spacial score (nSPS) is 12.1. The number of ether oxygens (including phenoxy) is 3. The van der Waals surface area contributed by atoms with Crippen LogP contribution in [0.4, 0.5) is 0 Å². The van der Waals surface area contributed by atoms with Gasteiger partial charge in [0, 0.05) is 26.1 Å². The molecule has 1 N–H and O–H groups in total. The molecule has 2 aromatic rings. The van der Waals surface area contributed by atoms with Gasteiger partial charge in [-0.05, 0) is 38.1 Å². The van der Waals surface area contributed by atoms with E-state index >= 15 is 0 Å². The second-order valence-corrected chi connectivity index (χ2v) is 7.06. The van der Waals surface area contributed by atoms with Crippen molar-refractivity contribution in [1.82, 2.24) is 15.2 Å². The van der Waals surface area contributed by atoms with Gasteiger partial charge in [0.25, 0.3) is 0 Å². The van der Waals surface area contributed by atoms with Crippen LogP contribution in [0.5, 0.6) is 11.5 Å². The van der Waals surface area contributed by atoms with E-state index in [0.29, 0.717) is 19.7 Å². The van der Waals surface area contributed by atoms with Gasteiger partial charge in [-0.15, -0.1) is 35.3 Å². The van der Waals surface area contributed by atoms with Crippen molar-refractivity contribution in [1.29, 1.82) is 0 Å². The topological polar surface area (TPSA) is 68.2 Å². The molecule has 162 valence electrons. The lowest BCUT2D eigenvalue weighted by molar-refractivity contribution is 0.119. The summed E-state index contributed by atoms with van der Waals surface area (Å²) in [6.45, 7) is 6.59. The van der Waals surface area contributed by atoms with E-state index in [4.69, 9.17) is 14.2 Å². The lowest BCUT2D eigenvalue weighted by Crippen LogP contribution is -2.38. The molecule has 0 spiro atoms. The van der Waals surface area contributed by atoms with Gasteiger partial charge < -0.3 is 24.4 Å². The van der Waals surface area contributed by atoms with Crippen molar-refractivity contribution >= 4 is 41.3 Å². The molecule has 0 aliphatic rings. The molecule has 0 fully saturated rings. The summed E-state index contributed by atoms with van der Waals surface area (Å²) in [6.07, 6.45) is 0.0149. The number of benzene rings is 1. The van der Waals surface area contributed by atoms with Gasteiger partial charge in [-0.3, -0.25) is 0 Å². The summed E-state index contributed by atoms with van der Waals surface area (Å²) in [7, 11) is 5.35. The minimum atomic E-state index is 0. The molecule has 1 unspecified atom stereocenters. The van der Waals surface area contributed by atoms with Gasteiger partial charge in [0.15, 0.2) is 5.96 Å². The third-order valence-corrected chi connectivity index (χ3v) is 5.10. The van der Waals surface area contributed by atoms with Crippen LogP contribution < -0.4 is 14.8 Å². The van der Waals surface area contributed by atoms with Crippen molar-refractivity contribution in [2.45, 2.75) is 26.5 Å². The van der Waals surface area contributed by atoms with Crippen LogP contribution in [0.2, 0.25) is 0 Å². The Labute approximate surface area is 194 Å². The van der Waals surface area contributed by atoms with Gasteiger partial charge in [-0.25, -0.2) is 9.98 Å². The van der Waals surface area contributed by atoms with E-state index in [-0.39, 0.29) is 30.1 Å². The second-order valence-electron chi connectivity index (χ2n) is 6.17. The number of thiazole rings is 1. The average Bonchev–Trinajstić information content (AvgIpc) is 3.18. The number of guanidine groups is 1. The Morgan fingerprint density at radius 2 is 1.93 bits per heavy atom. The van der Waals surface area contributed by atoms with E-state index in [1.807, 2.05) is 38.2 Å². The number of hydrogen-bond acceptors (Lipinski definition) is 6. The number of nitrogens with one attached hydrogen (secondary N) is 1. The van der Waals surface area contributed by atoms with Gasteiger partial charge in [-0.2, -0.15) is 0 Å². The van der Waals surface area contributed by atoms with Gasteiger partial charge >= 0.3 is 0 Å². The average molecular weight is 534 g/mol. The predicted molar refractivity (Wildman–Crippen MR) is 129 cm³/mol. The first-order valence-corrected chi connectivity index (χ1v) is 10.2. The van der Waals surface area contributed by atoms with E-state index < -0.39 is 0 Å². The highest BCUT2D eigenvalue weighted by molar-refractivity contribution is 14.0. The standard InChI is InChI=1S/C20H30N4O3S.HI/c1-6-21-20(22-11-12-27-18-9-7-17(26-5)8-10-18)24(3)13-16-14-28-19(23-16)15(2)25-4;/h7-10,14-15H,6,11-13H2,1-5H3,(H,21,22);1H. The Morgan fingerprint density at radius 3 is 2.55 bits per heavy atom. The van der Waals surface area contributed by atoms with Crippen LogP contribution >= 0.6 is 35.3 Å². The molecule has 29 heavy (non-hydrogen) atoms. The fourth-order valence-corrected chi connectivity index (χ4v) is 3.30. The summed E-state index contributed by atoms with van der Waals surface area (Å²) < 4.78 is 16.2. The van der Waals surface area contributed by atoms with Crippen molar-refractivity contribution in [2.75, 3.05) is 41.0 Å². The molecular formula is C20H31IN4O3S. The first-order chi connectivity index (χ1) is 13.6. The summed E-state index contributed by atoms with van der Waals surface area (Å²) >= 11 is 1.62. The van der Waals surface area contributed by atoms with Gasteiger partial charge in [-0.1, -0.05) is 0 Å². The van der Waals surface area contributed by atoms with Crippen LogP contribution in [0.25, 0.3) is 0 Å². The molecule has 0 aliphatic carbocycles. The van der Waals surface area contributed by atoms with Crippen LogP contribution in [-0.2, 0) is 11.3 Å². The summed E-state index contributed by atoms with van der Waals surface area (Å²) in [6, 6.07) is 7.54. The number of rotatable bonds is 10. The molecule has 0 aliphatic heterocycles. The largest absolute Gasteiger partial charge is 0.497 e. The van der Waals surface area contributed by atoms with Crippen LogP contribution in [0.1, 0.15) is 30.7 Å². The van der Waals surface area contributed by atoms with Crippen molar-refractivity contribution in [3.63, 3.8) is 0 Å². The maximum Gasteiger partial charge on any atom is 0.194 e. The number of aliphatic imine (C=N–C) groups is 1. The van der Waals surface area contributed by atoms with Crippen molar-refractivity contribution in [2.24, 2.45) is 4.99 Å². The molecule has 0 radical (unpaired) electrons. The van der Waals surface area contributed by atoms with Crippen LogP contribution in [-0.4, -0.2) is 56.8 Å². The molecule has 1 atom stereocenters. The highest BCUT2D eigenvalue weighted by Gasteiger charge is 2.12. The molecule has 0 saturated carbocycles. The Kier molecular flexibility index (Phi) is 11.9. The smallest absolute Gasteiger partial charge is 0.194 e. The molecule has 0 saturated heterocycles. The number of aromatic nitrogens is 1. The first-order valence-electron chi connectivity index (χ1n) is 9.30. The van der Waals surface area contributed by atoms with Crippen LogP contribution in [0, 0.1) is 0 Å². The van der Waals surface area contributed by atoms with E-state index in [2.05, 4.69) is 32.5 Å².